The molecule has 0 unspecified atom stereocenters. The maximum atomic E-state index is 9.99. The summed E-state index contributed by atoms with van der Waals surface area (Å²) >= 11 is 0. The predicted octanol–water partition coefficient (Wildman–Crippen LogP) is -0.961. The quantitative estimate of drug-likeness (QED) is 0.487. The third-order valence-electron chi connectivity index (χ3n) is 1.39. The summed E-state index contributed by atoms with van der Waals surface area (Å²) in [5, 5.41) is 24.7. The molecular formula is C8H14N2O5. The van der Waals surface area contributed by atoms with Crippen molar-refractivity contribution in [2.24, 2.45) is 5.73 Å². The minimum Gasteiger partial charge on any atom is -0.467 e. The molecule has 1 aromatic rings. The normalized spacial score (nSPS) is 9.00. The van der Waals surface area contributed by atoms with Crippen molar-refractivity contribution >= 4 is 6.03 Å². The van der Waals surface area contributed by atoms with Gasteiger partial charge >= 0.3 is 6.03 Å². The SMILES string of the molecule is NC(=O)N(CO)CO.OCc1ccco1. The van der Waals surface area contributed by atoms with Crippen molar-refractivity contribution in [2.75, 3.05) is 13.5 Å². The number of aliphatic hydroxyl groups is 3. The van der Waals surface area contributed by atoms with Gasteiger partial charge < -0.3 is 25.5 Å². The third-order valence-corrected chi connectivity index (χ3v) is 1.39. The summed E-state index contributed by atoms with van der Waals surface area (Å²) in [6.45, 7) is -1.11. The zero-order chi connectivity index (χ0) is 11.7. The molecule has 7 heteroatoms. The van der Waals surface area contributed by atoms with Gasteiger partial charge in [0.25, 0.3) is 0 Å². The summed E-state index contributed by atoms with van der Waals surface area (Å²) < 4.78 is 4.73. The van der Waals surface area contributed by atoms with Crippen molar-refractivity contribution in [1.29, 1.82) is 0 Å². The van der Waals surface area contributed by atoms with Crippen molar-refractivity contribution in [2.45, 2.75) is 6.61 Å². The Hall–Kier alpha value is -1.57. The summed E-state index contributed by atoms with van der Waals surface area (Å²) in [5.74, 6) is 0.611. The number of hydrogen-bond donors (Lipinski definition) is 4. The van der Waals surface area contributed by atoms with Crippen molar-refractivity contribution in [3.63, 3.8) is 0 Å². The molecular weight excluding hydrogens is 204 g/mol. The zero-order valence-electron chi connectivity index (χ0n) is 8.04. The van der Waals surface area contributed by atoms with Crippen molar-refractivity contribution < 1.29 is 24.5 Å². The Kier molecular flexibility index (Phi) is 6.98. The molecule has 0 spiro atoms. The third kappa shape index (κ3) is 5.68. The van der Waals surface area contributed by atoms with Gasteiger partial charge in [-0.25, -0.2) is 4.79 Å². The Morgan fingerprint density at radius 1 is 1.40 bits per heavy atom. The number of aliphatic hydroxyl groups excluding tert-OH is 3. The largest absolute Gasteiger partial charge is 0.467 e. The molecule has 0 fully saturated rings. The van der Waals surface area contributed by atoms with E-state index >= 15 is 0 Å². The van der Waals surface area contributed by atoms with Crippen LogP contribution in [-0.4, -0.2) is 39.7 Å². The Morgan fingerprint density at radius 3 is 2.13 bits per heavy atom. The Labute approximate surface area is 86.3 Å². The van der Waals surface area contributed by atoms with E-state index in [4.69, 9.17) is 19.7 Å². The zero-order valence-corrected chi connectivity index (χ0v) is 8.04. The molecule has 0 saturated heterocycles. The van der Waals surface area contributed by atoms with Gasteiger partial charge in [0.15, 0.2) is 0 Å². The molecule has 86 valence electrons. The molecule has 1 aromatic heterocycles. The van der Waals surface area contributed by atoms with Crippen LogP contribution >= 0.6 is 0 Å². The summed E-state index contributed by atoms with van der Waals surface area (Å²) in [5.41, 5.74) is 4.62. The topological polar surface area (TPSA) is 120 Å². The summed E-state index contributed by atoms with van der Waals surface area (Å²) in [6.07, 6.45) is 1.53. The van der Waals surface area contributed by atoms with Crippen LogP contribution in [-0.2, 0) is 6.61 Å². The molecule has 1 rings (SSSR count). The van der Waals surface area contributed by atoms with Crippen molar-refractivity contribution in [3.8, 4) is 0 Å². The van der Waals surface area contributed by atoms with Crippen LogP contribution in [0.2, 0.25) is 0 Å². The molecule has 0 saturated carbocycles. The minimum atomic E-state index is -0.838. The van der Waals surface area contributed by atoms with Gasteiger partial charge in [0.05, 0.1) is 6.26 Å². The first-order chi connectivity index (χ1) is 7.15. The fraction of sp³-hybridized carbons (Fsp3) is 0.375. The number of urea groups is 1. The van der Waals surface area contributed by atoms with E-state index in [0.717, 1.165) is 0 Å². The van der Waals surface area contributed by atoms with Gasteiger partial charge in [0.2, 0.25) is 0 Å². The highest BCUT2D eigenvalue weighted by Gasteiger charge is 2.02. The molecule has 0 aliphatic rings. The molecule has 0 aliphatic heterocycles. The second-order valence-corrected chi connectivity index (χ2v) is 2.40. The lowest BCUT2D eigenvalue weighted by Gasteiger charge is -2.11. The fourth-order valence-electron chi connectivity index (χ4n) is 0.587. The van der Waals surface area contributed by atoms with Gasteiger partial charge in [-0.15, -0.1) is 0 Å². The van der Waals surface area contributed by atoms with E-state index in [2.05, 4.69) is 5.73 Å². The molecule has 0 radical (unpaired) electrons. The number of furan rings is 1. The number of rotatable bonds is 3. The first kappa shape index (κ1) is 13.4. The number of amides is 2. The van der Waals surface area contributed by atoms with Crippen LogP contribution in [0.5, 0.6) is 0 Å². The number of nitrogens with two attached hydrogens (primary N) is 1. The average Bonchev–Trinajstić information content (AvgIpc) is 2.72. The Morgan fingerprint density at radius 2 is 2.00 bits per heavy atom. The second-order valence-electron chi connectivity index (χ2n) is 2.40. The van der Waals surface area contributed by atoms with Crippen LogP contribution in [0, 0.1) is 0 Å². The van der Waals surface area contributed by atoms with Crippen LogP contribution in [0.1, 0.15) is 5.76 Å². The molecule has 0 atom stereocenters. The van der Waals surface area contributed by atoms with Crippen LogP contribution in [0.15, 0.2) is 22.8 Å². The van der Waals surface area contributed by atoms with E-state index in [9.17, 15) is 4.79 Å². The Balaban J connectivity index is 0.000000262. The molecule has 0 bridgehead atoms. The first-order valence-corrected chi connectivity index (χ1v) is 4.05. The maximum Gasteiger partial charge on any atom is 0.318 e. The highest BCUT2D eigenvalue weighted by Crippen LogP contribution is 1.96. The van der Waals surface area contributed by atoms with Gasteiger partial charge in [0, 0.05) is 0 Å². The lowest BCUT2D eigenvalue weighted by molar-refractivity contribution is 0.0608. The van der Waals surface area contributed by atoms with Crippen LogP contribution in [0.3, 0.4) is 0 Å². The van der Waals surface area contributed by atoms with Gasteiger partial charge in [-0.2, -0.15) is 0 Å². The van der Waals surface area contributed by atoms with Crippen LogP contribution in [0.4, 0.5) is 4.79 Å². The van der Waals surface area contributed by atoms with Crippen LogP contribution < -0.4 is 5.73 Å². The van der Waals surface area contributed by atoms with Gasteiger partial charge in [-0.05, 0) is 12.1 Å². The number of carbonyl (C=O) groups excluding carboxylic acids is 1. The van der Waals surface area contributed by atoms with E-state index in [0.29, 0.717) is 10.7 Å². The van der Waals surface area contributed by atoms with E-state index in [-0.39, 0.29) is 6.61 Å². The van der Waals surface area contributed by atoms with E-state index in [1.54, 1.807) is 12.1 Å². The standard InChI is InChI=1S/C5H6O2.C3H8N2O3/c6-4-5-2-1-3-7-5;4-3(8)5(1-6)2-7/h1-3,6H,4H2;6-7H,1-2H2,(H2,4,8). The van der Waals surface area contributed by atoms with Gasteiger partial charge in [0.1, 0.15) is 25.8 Å². The van der Waals surface area contributed by atoms with Crippen molar-refractivity contribution in [3.05, 3.63) is 24.2 Å². The van der Waals surface area contributed by atoms with Crippen LogP contribution in [0.25, 0.3) is 0 Å². The number of nitrogens with zero attached hydrogens (tertiary/aromatic N) is 1. The maximum absolute atomic E-state index is 9.99. The predicted molar refractivity (Wildman–Crippen MR) is 50.2 cm³/mol. The smallest absolute Gasteiger partial charge is 0.318 e. The molecule has 5 N–H and O–H groups in total. The minimum absolute atomic E-state index is 0.00694. The molecule has 15 heavy (non-hydrogen) atoms. The lowest BCUT2D eigenvalue weighted by Crippen LogP contribution is -2.36. The average molecular weight is 218 g/mol. The number of hydrogen-bond acceptors (Lipinski definition) is 5. The van der Waals surface area contributed by atoms with Gasteiger partial charge in [-0.1, -0.05) is 0 Å². The lowest BCUT2D eigenvalue weighted by atomic mass is 10.5. The number of primary amides is 1. The molecule has 2 amide bonds. The monoisotopic (exact) mass is 218 g/mol. The summed E-state index contributed by atoms with van der Waals surface area (Å²) in [7, 11) is 0. The van der Waals surface area contributed by atoms with E-state index in [1.165, 1.54) is 6.26 Å². The number of carbonyl (C=O) groups is 1. The molecule has 0 aromatic carbocycles. The molecule has 1 heterocycles. The van der Waals surface area contributed by atoms with Crippen molar-refractivity contribution in [1.82, 2.24) is 4.90 Å². The molecule has 7 nitrogen and oxygen atoms in total. The molecule has 0 aliphatic carbocycles. The summed E-state index contributed by atoms with van der Waals surface area (Å²) in [6, 6.07) is 2.63. The highest BCUT2D eigenvalue weighted by molar-refractivity contribution is 5.71. The highest BCUT2D eigenvalue weighted by atomic mass is 16.4. The van der Waals surface area contributed by atoms with E-state index < -0.39 is 19.5 Å². The first-order valence-electron chi connectivity index (χ1n) is 4.05. The van der Waals surface area contributed by atoms with E-state index in [1.807, 2.05) is 0 Å². The fourth-order valence-corrected chi connectivity index (χ4v) is 0.587. The van der Waals surface area contributed by atoms with Gasteiger partial charge in [-0.3, -0.25) is 4.90 Å². The second kappa shape index (κ2) is 7.80. The Bertz CT molecular complexity index is 258. The summed E-state index contributed by atoms with van der Waals surface area (Å²) in [4.78, 5) is 10.7.